The van der Waals surface area contributed by atoms with E-state index >= 15 is 18.3 Å². The van der Waals surface area contributed by atoms with E-state index < -0.39 is 35.6 Å². The van der Waals surface area contributed by atoms with Crippen LogP contribution in [0.3, 0.4) is 0 Å². The highest BCUT2D eigenvalue weighted by Crippen LogP contribution is 2.74. The van der Waals surface area contributed by atoms with E-state index in [0.29, 0.717) is 72.0 Å². The SMILES string of the molecule is CC(C)(C1CC(CP2(=O)OC3CCCCC3C3CCCCC32)CC(CP2(=O)OC3CCCCC3C3CCCCC32)C1)C1CC(CP2(=O)OC3CCCCC3C3CCCCC32)C(O)C(CP2(=O)OC3CCCCC3C3CCCCC32)C1. The first-order valence-corrected chi connectivity index (χ1v) is 43.0. The summed E-state index contributed by atoms with van der Waals surface area (Å²) in [4.78, 5) is 0. The van der Waals surface area contributed by atoms with E-state index in [1.54, 1.807) is 0 Å². The highest BCUT2D eigenvalue weighted by molar-refractivity contribution is 7.61. The van der Waals surface area contributed by atoms with Crippen molar-refractivity contribution < 1.29 is 41.5 Å². The van der Waals surface area contributed by atoms with E-state index in [0.717, 1.165) is 122 Å². The molecule has 9 nitrogen and oxygen atoms in total. The molecule has 14 fully saturated rings. The molecule has 0 aromatic heterocycles. The molecule has 0 aromatic rings. The van der Waals surface area contributed by atoms with Gasteiger partial charge in [0, 0.05) is 47.3 Å². The summed E-state index contributed by atoms with van der Waals surface area (Å²) in [6, 6.07) is 0. The summed E-state index contributed by atoms with van der Waals surface area (Å²) in [7, 11) is -12.3. The molecule has 24 atom stereocenters. The molecular formula is C67H112O9P4. The van der Waals surface area contributed by atoms with Gasteiger partial charge in [-0.25, -0.2) is 0 Å². The molecular weight excluding hydrogens is 1070 g/mol. The van der Waals surface area contributed by atoms with E-state index in [1.165, 1.54) is 116 Å². The standard InChI is InChI=1S/C67H112O9P4/c1-67(2,48-36-44(40-77(69)62-31-15-7-23-54(62)50-19-3-11-27-58(50)73-77)35-45(37-48)41-78(70)63-32-16-8-24-55(63)51-20-4-12-28-59(51)74-78)49-38-46(42-79(71)64-33-17-9-25-56(64)52-21-5-13-29-60(52)75-79)66(68)47(39-49)43-80(72)65-34-18-10-26-57(65)53-22-6-14-30-61(53)76-80/h44-66,68H,3-43H2,1-2H3. The summed E-state index contributed by atoms with van der Waals surface area (Å²) in [5, 5.41) is 13.3. The lowest BCUT2D eigenvalue weighted by Crippen LogP contribution is -2.51. The van der Waals surface area contributed by atoms with Gasteiger partial charge < -0.3 is 23.2 Å². The quantitative estimate of drug-likeness (QED) is 0.213. The van der Waals surface area contributed by atoms with Crippen LogP contribution in [0.1, 0.15) is 251 Å². The number of hydrogen-bond acceptors (Lipinski definition) is 9. The summed E-state index contributed by atoms with van der Waals surface area (Å²) in [5.41, 5.74) is 0.356. The van der Waals surface area contributed by atoms with E-state index in [4.69, 9.17) is 18.1 Å². The van der Waals surface area contributed by atoms with Crippen LogP contribution >= 0.6 is 29.5 Å². The molecule has 24 unspecified atom stereocenters. The van der Waals surface area contributed by atoms with Crippen molar-refractivity contribution in [2.45, 2.75) is 305 Å². The van der Waals surface area contributed by atoms with Gasteiger partial charge in [-0.2, -0.15) is 0 Å². The highest BCUT2D eigenvalue weighted by Gasteiger charge is 2.61. The second-order valence-corrected chi connectivity index (χ2v) is 43.0. The molecule has 0 aromatic carbocycles. The first kappa shape index (κ1) is 58.4. The summed E-state index contributed by atoms with van der Waals surface area (Å²) in [5.74, 6) is 4.71. The number of aliphatic hydroxyl groups excluding tert-OH is 1. The zero-order valence-corrected chi connectivity index (χ0v) is 53.9. The maximum absolute atomic E-state index is 16.2. The van der Waals surface area contributed by atoms with Crippen LogP contribution in [-0.4, -0.2) is 82.9 Å². The molecule has 1 N–H and O–H groups in total. The molecule has 4 heterocycles. The van der Waals surface area contributed by atoms with Gasteiger partial charge in [0.15, 0.2) is 0 Å². The van der Waals surface area contributed by atoms with E-state index in [1.807, 2.05) is 0 Å². The Morgan fingerprint density at radius 3 is 0.887 bits per heavy atom. The van der Waals surface area contributed by atoms with Crippen molar-refractivity contribution in [3.8, 4) is 0 Å². The Morgan fingerprint density at radius 2 is 0.575 bits per heavy atom. The van der Waals surface area contributed by atoms with E-state index in [-0.39, 0.29) is 88.0 Å². The summed E-state index contributed by atoms with van der Waals surface area (Å²) < 4.78 is 93.8. The molecule has 13 heteroatoms. The number of aliphatic hydroxyl groups is 1. The second kappa shape index (κ2) is 23.6. The Kier molecular flexibility index (Phi) is 17.2. The normalized spacial score (nSPS) is 54.4. The van der Waals surface area contributed by atoms with Crippen molar-refractivity contribution in [3.63, 3.8) is 0 Å². The smallest absolute Gasteiger partial charge is 0.207 e. The molecule has 4 saturated heterocycles. The lowest BCUT2D eigenvalue weighted by atomic mass is 9.56. The summed E-state index contributed by atoms with van der Waals surface area (Å²) in [6.45, 7) is 5.09. The fourth-order valence-corrected chi connectivity index (χ4v) is 39.2. The predicted octanol–water partition coefficient (Wildman–Crippen LogP) is 18.8. The number of fused-ring (bicyclic) bond motifs is 12. The fourth-order valence-electron chi connectivity index (χ4n) is 24.1. The minimum Gasteiger partial charge on any atom is -0.393 e. The molecule has 0 radical (unpaired) electrons. The number of hydrogen-bond donors (Lipinski definition) is 1. The average Bonchev–Trinajstić information content (AvgIpc) is 3.47. The van der Waals surface area contributed by atoms with Gasteiger partial charge in [0.1, 0.15) is 0 Å². The lowest BCUT2D eigenvalue weighted by Gasteiger charge is -2.56. The fraction of sp³-hybridized carbons (Fsp3) is 1.00. The molecule has 454 valence electrons. The minimum absolute atomic E-state index is 0.0771. The minimum atomic E-state index is -3.15. The third kappa shape index (κ3) is 10.9. The van der Waals surface area contributed by atoms with Crippen molar-refractivity contribution in [2.24, 2.45) is 88.3 Å². The maximum Gasteiger partial charge on any atom is 0.207 e. The maximum atomic E-state index is 16.2. The summed E-state index contributed by atoms with van der Waals surface area (Å²) in [6.07, 6.45) is 43.7. The van der Waals surface area contributed by atoms with E-state index in [9.17, 15) is 5.11 Å². The first-order chi connectivity index (χ1) is 38.7. The van der Waals surface area contributed by atoms with Crippen molar-refractivity contribution in [1.82, 2.24) is 0 Å². The van der Waals surface area contributed by atoms with Gasteiger partial charge in [0.25, 0.3) is 0 Å². The van der Waals surface area contributed by atoms with Crippen LogP contribution in [0.25, 0.3) is 0 Å². The van der Waals surface area contributed by atoms with Crippen molar-refractivity contribution in [1.29, 1.82) is 0 Å². The monoisotopic (exact) mass is 1180 g/mol. The molecule has 0 amide bonds. The zero-order chi connectivity index (χ0) is 54.6. The Labute approximate surface area is 485 Å². The van der Waals surface area contributed by atoms with Crippen LogP contribution in [0, 0.1) is 88.3 Å². The molecule has 0 bridgehead atoms. The Balaban J connectivity index is 0.799. The third-order valence-corrected chi connectivity index (χ3v) is 40.9. The van der Waals surface area contributed by atoms with Crippen LogP contribution in [0.5, 0.6) is 0 Å². The molecule has 10 saturated carbocycles. The van der Waals surface area contributed by atoms with Gasteiger partial charge in [-0.1, -0.05) is 117 Å². The first-order valence-electron chi connectivity index (χ1n) is 35.5. The van der Waals surface area contributed by atoms with Gasteiger partial charge in [0.05, 0.1) is 30.5 Å². The molecule has 80 heavy (non-hydrogen) atoms. The van der Waals surface area contributed by atoms with Crippen LogP contribution < -0.4 is 0 Å². The average molecular weight is 1190 g/mol. The van der Waals surface area contributed by atoms with Crippen LogP contribution in [0.4, 0.5) is 0 Å². The molecule has 0 spiro atoms. The van der Waals surface area contributed by atoms with Gasteiger partial charge in [-0.3, -0.25) is 18.3 Å². The van der Waals surface area contributed by atoms with Crippen LogP contribution in [0.2, 0.25) is 0 Å². The van der Waals surface area contributed by atoms with Gasteiger partial charge in [-0.15, -0.1) is 0 Å². The molecule has 14 rings (SSSR count). The van der Waals surface area contributed by atoms with Gasteiger partial charge >= 0.3 is 0 Å². The topological polar surface area (TPSA) is 125 Å². The lowest BCUT2D eigenvalue weighted by molar-refractivity contribution is -0.0494. The zero-order valence-electron chi connectivity index (χ0n) is 50.3. The van der Waals surface area contributed by atoms with Crippen LogP contribution in [-0.2, 0) is 36.4 Å². The Bertz CT molecular complexity index is 2230. The van der Waals surface area contributed by atoms with E-state index in [2.05, 4.69) is 13.8 Å². The predicted molar refractivity (Wildman–Crippen MR) is 324 cm³/mol. The summed E-state index contributed by atoms with van der Waals surface area (Å²) >= 11 is 0. The van der Waals surface area contributed by atoms with Gasteiger partial charge in [-0.05, 0) is 223 Å². The molecule has 4 aliphatic heterocycles. The van der Waals surface area contributed by atoms with Crippen LogP contribution in [0.15, 0.2) is 0 Å². The largest absolute Gasteiger partial charge is 0.393 e. The Morgan fingerprint density at radius 1 is 0.325 bits per heavy atom. The van der Waals surface area contributed by atoms with Crippen molar-refractivity contribution in [2.75, 3.05) is 24.6 Å². The van der Waals surface area contributed by atoms with Gasteiger partial charge in [0.2, 0.25) is 29.5 Å². The number of rotatable bonds is 10. The third-order valence-electron chi connectivity index (χ3n) is 27.8. The second-order valence-electron chi connectivity index (χ2n) is 32.2. The highest BCUT2D eigenvalue weighted by atomic mass is 31.2. The van der Waals surface area contributed by atoms with Crippen molar-refractivity contribution >= 4 is 29.5 Å². The molecule has 14 aliphatic rings. The van der Waals surface area contributed by atoms with Crippen molar-refractivity contribution in [3.05, 3.63) is 0 Å². The Hall–Kier alpha value is 0.720. The molecule has 10 aliphatic carbocycles.